The lowest BCUT2D eigenvalue weighted by atomic mass is 9.98. The topological polar surface area (TPSA) is 88.5 Å². The predicted molar refractivity (Wildman–Crippen MR) is 127 cm³/mol. The van der Waals surface area contributed by atoms with Crippen LogP contribution in [0.1, 0.15) is 30.0 Å². The zero-order valence-corrected chi connectivity index (χ0v) is 19.4. The number of benzene rings is 2. The number of nitrogens with zero attached hydrogens (tertiary/aromatic N) is 2. The van der Waals surface area contributed by atoms with Crippen molar-refractivity contribution in [1.29, 1.82) is 0 Å². The number of hydrogen-bond acceptors (Lipinski definition) is 4. The van der Waals surface area contributed by atoms with E-state index >= 15 is 0 Å². The van der Waals surface area contributed by atoms with Gasteiger partial charge in [0.05, 0.1) is 10.9 Å². The van der Waals surface area contributed by atoms with Crippen LogP contribution in [0, 0.1) is 0 Å². The van der Waals surface area contributed by atoms with Crippen molar-refractivity contribution in [3.05, 3.63) is 99.4 Å². The van der Waals surface area contributed by atoms with Crippen LogP contribution in [0.4, 0.5) is 0 Å². The molecule has 1 fully saturated rings. The summed E-state index contributed by atoms with van der Waals surface area (Å²) in [6.07, 6.45) is 2.87. The molecule has 0 radical (unpaired) electrons. The van der Waals surface area contributed by atoms with Crippen LogP contribution >= 0.6 is 11.6 Å². The molecule has 1 atom stereocenters. The lowest BCUT2D eigenvalue weighted by Gasteiger charge is -2.21. The molecule has 0 aliphatic carbocycles. The first kappa shape index (κ1) is 23.2. The Kier molecular flexibility index (Phi) is 6.97. The third kappa shape index (κ3) is 5.35. The van der Waals surface area contributed by atoms with Crippen LogP contribution in [0.25, 0.3) is 0 Å². The summed E-state index contributed by atoms with van der Waals surface area (Å²) in [4.78, 5) is 25.3. The second-order valence-electron chi connectivity index (χ2n) is 7.90. The average molecular weight is 486 g/mol. The molecule has 7 nitrogen and oxygen atoms in total. The van der Waals surface area contributed by atoms with Crippen molar-refractivity contribution in [2.75, 3.05) is 13.1 Å². The SMILES string of the molecule is O=C(Cn1cc(S(=O)(=O)N2CCCC2)ccc1=O)N[C@@H](c1ccccc1)c1ccc(Cl)cc1. The highest BCUT2D eigenvalue weighted by atomic mass is 35.5. The second-order valence-corrected chi connectivity index (χ2v) is 10.3. The van der Waals surface area contributed by atoms with E-state index in [0.717, 1.165) is 28.5 Å². The molecule has 2 heterocycles. The Bertz CT molecular complexity index is 1290. The standard InChI is InChI=1S/C24H24ClN3O4S/c25-20-10-8-19(9-11-20)24(18-6-2-1-3-7-18)26-22(29)17-27-16-21(12-13-23(27)30)33(31,32)28-14-4-5-15-28/h1-3,6-13,16,24H,4-5,14-15,17H2,(H,26,29)/t24-/m0/s1. The number of pyridine rings is 1. The molecule has 3 aromatic rings. The van der Waals surface area contributed by atoms with E-state index in [1.165, 1.54) is 22.6 Å². The van der Waals surface area contributed by atoms with Gasteiger partial charge in [-0.1, -0.05) is 54.1 Å². The monoisotopic (exact) mass is 485 g/mol. The van der Waals surface area contributed by atoms with Gasteiger partial charge < -0.3 is 9.88 Å². The molecule has 172 valence electrons. The Morgan fingerprint density at radius 3 is 2.24 bits per heavy atom. The second kappa shape index (κ2) is 9.91. The van der Waals surface area contributed by atoms with Crippen LogP contribution in [0.3, 0.4) is 0 Å². The predicted octanol–water partition coefficient (Wildman–Crippen LogP) is 3.19. The number of hydrogen-bond donors (Lipinski definition) is 1. The van der Waals surface area contributed by atoms with E-state index in [1.54, 1.807) is 12.1 Å². The summed E-state index contributed by atoms with van der Waals surface area (Å²) in [6.45, 7) is 0.614. The highest BCUT2D eigenvalue weighted by molar-refractivity contribution is 7.89. The summed E-state index contributed by atoms with van der Waals surface area (Å²) < 4.78 is 28.2. The Balaban J connectivity index is 1.58. The smallest absolute Gasteiger partial charge is 0.251 e. The van der Waals surface area contributed by atoms with Gasteiger partial charge in [0.25, 0.3) is 5.56 Å². The van der Waals surface area contributed by atoms with Crippen LogP contribution in [0.5, 0.6) is 0 Å². The van der Waals surface area contributed by atoms with Crippen molar-refractivity contribution in [3.8, 4) is 0 Å². The molecule has 33 heavy (non-hydrogen) atoms. The van der Waals surface area contributed by atoms with Gasteiger partial charge in [-0.25, -0.2) is 8.42 Å². The molecule has 2 aromatic carbocycles. The number of rotatable bonds is 7. The maximum atomic E-state index is 12.9. The zero-order chi connectivity index (χ0) is 23.4. The summed E-state index contributed by atoms with van der Waals surface area (Å²) >= 11 is 6.01. The minimum atomic E-state index is -3.70. The van der Waals surface area contributed by atoms with Gasteiger partial charge in [0.1, 0.15) is 6.54 Å². The number of sulfonamides is 1. The van der Waals surface area contributed by atoms with Crippen molar-refractivity contribution >= 4 is 27.5 Å². The number of amides is 1. The van der Waals surface area contributed by atoms with Crippen molar-refractivity contribution < 1.29 is 13.2 Å². The van der Waals surface area contributed by atoms with Gasteiger partial charge in [-0.05, 0) is 42.2 Å². The van der Waals surface area contributed by atoms with E-state index in [4.69, 9.17) is 11.6 Å². The van der Waals surface area contributed by atoms with E-state index in [-0.39, 0.29) is 11.4 Å². The lowest BCUT2D eigenvalue weighted by molar-refractivity contribution is -0.122. The van der Waals surface area contributed by atoms with E-state index in [1.807, 2.05) is 42.5 Å². The first-order chi connectivity index (χ1) is 15.8. The molecule has 1 aromatic heterocycles. The number of nitrogens with one attached hydrogen (secondary N) is 1. The molecule has 1 N–H and O–H groups in total. The number of aromatic nitrogens is 1. The highest BCUT2D eigenvalue weighted by Crippen LogP contribution is 2.24. The fourth-order valence-corrected chi connectivity index (χ4v) is 5.55. The highest BCUT2D eigenvalue weighted by Gasteiger charge is 2.28. The van der Waals surface area contributed by atoms with E-state index < -0.39 is 27.5 Å². The molecule has 0 unspecified atom stereocenters. The zero-order valence-electron chi connectivity index (χ0n) is 17.9. The van der Waals surface area contributed by atoms with Crippen molar-refractivity contribution in [3.63, 3.8) is 0 Å². The van der Waals surface area contributed by atoms with Gasteiger partial charge >= 0.3 is 0 Å². The van der Waals surface area contributed by atoms with Crippen molar-refractivity contribution in [2.45, 2.75) is 30.3 Å². The molecule has 1 amide bonds. The molecule has 0 saturated carbocycles. The van der Waals surface area contributed by atoms with Crippen LogP contribution < -0.4 is 10.9 Å². The lowest BCUT2D eigenvalue weighted by Crippen LogP contribution is -2.35. The summed E-state index contributed by atoms with van der Waals surface area (Å²) in [5.74, 6) is -0.420. The van der Waals surface area contributed by atoms with Gasteiger partial charge in [0.15, 0.2) is 0 Å². The van der Waals surface area contributed by atoms with Gasteiger partial charge in [-0.15, -0.1) is 0 Å². The fourth-order valence-electron chi connectivity index (χ4n) is 3.88. The average Bonchev–Trinajstić information content (AvgIpc) is 3.36. The first-order valence-corrected chi connectivity index (χ1v) is 12.5. The third-order valence-electron chi connectivity index (χ3n) is 5.61. The summed E-state index contributed by atoms with van der Waals surface area (Å²) in [7, 11) is -3.70. The van der Waals surface area contributed by atoms with E-state index in [0.29, 0.717) is 18.1 Å². The molecule has 9 heteroatoms. The van der Waals surface area contributed by atoms with Crippen molar-refractivity contribution in [2.24, 2.45) is 0 Å². The van der Waals surface area contributed by atoms with E-state index in [2.05, 4.69) is 5.32 Å². The van der Waals surface area contributed by atoms with Crippen LogP contribution in [0.2, 0.25) is 5.02 Å². The molecular weight excluding hydrogens is 462 g/mol. The number of carbonyl (C=O) groups is 1. The van der Waals surface area contributed by atoms with Gasteiger partial charge in [-0.2, -0.15) is 4.31 Å². The van der Waals surface area contributed by atoms with Crippen LogP contribution in [0.15, 0.2) is 82.6 Å². The minimum absolute atomic E-state index is 0.00844. The fraction of sp³-hybridized carbons (Fsp3) is 0.250. The maximum Gasteiger partial charge on any atom is 0.251 e. The van der Waals surface area contributed by atoms with Crippen molar-refractivity contribution in [1.82, 2.24) is 14.2 Å². The molecule has 0 spiro atoms. The molecule has 0 bridgehead atoms. The number of halogens is 1. The van der Waals surface area contributed by atoms with Crippen LogP contribution in [-0.4, -0.2) is 36.3 Å². The third-order valence-corrected chi connectivity index (χ3v) is 7.75. The maximum absolute atomic E-state index is 12.9. The summed E-state index contributed by atoms with van der Waals surface area (Å²) in [6, 6.07) is 18.6. The quantitative estimate of drug-likeness (QED) is 0.556. The van der Waals surface area contributed by atoms with Crippen LogP contribution in [-0.2, 0) is 21.4 Å². The molecule has 1 aliphatic rings. The summed E-state index contributed by atoms with van der Waals surface area (Å²) in [5.41, 5.74) is 1.25. The van der Waals surface area contributed by atoms with Gasteiger partial charge in [0, 0.05) is 30.4 Å². The largest absolute Gasteiger partial charge is 0.344 e. The summed E-state index contributed by atoms with van der Waals surface area (Å²) in [5, 5.41) is 3.54. The number of carbonyl (C=O) groups excluding carboxylic acids is 1. The van der Waals surface area contributed by atoms with Gasteiger partial charge in [0.2, 0.25) is 15.9 Å². The molecular formula is C24H24ClN3O4S. The minimum Gasteiger partial charge on any atom is -0.344 e. The Morgan fingerprint density at radius 2 is 1.58 bits per heavy atom. The Labute approximate surface area is 197 Å². The van der Waals surface area contributed by atoms with E-state index in [9.17, 15) is 18.0 Å². The first-order valence-electron chi connectivity index (χ1n) is 10.6. The van der Waals surface area contributed by atoms with Gasteiger partial charge in [-0.3, -0.25) is 9.59 Å². The molecule has 1 saturated heterocycles. The Morgan fingerprint density at radius 1 is 0.939 bits per heavy atom. The molecule has 4 rings (SSSR count). The normalized spacial score (nSPS) is 15.3. The molecule has 1 aliphatic heterocycles. The Hall–Kier alpha value is -2.94.